The molecule has 4 bridgehead atoms. The monoisotopic (exact) mass is 220 g/mol. The van der Waals surface area contributed by atoms with Crippen molar-refractivity contribution in [3.8, 4) is 0 Å². The van der Waals surface area contributed by atoms with Gasteiger partial charge >= 0.3 is 0 Å². The van der Waals surface area contributed by atoms with Gasteiger partial charge in [-0.15, -0.1) is 9.24 Å². The molecule has 0 aromatic heterocycles. The van der Waals surface area contributed by atoms with Crippen molar-refractivity contribution < 1.29 is 0 Å². The summed E-state index contributed by atoms with van der Waals surface area (Å²) in [6, 6.07) is 0. The van der Waals surface area contributed by atoms with Gasteiger partial charge in [0, 0.05) is 0 Å². The van der Waals surface area contributed by atoms with Crippen molar-refractivity contribution in [1.29, 1.82) is 0 Å². The normalized spacial score (nSPS) is 48.3. The molecule has 82 valence electrons. The molecule has 15 heavy (non-hydrogen) atoms. The van der Waals surface area contributed by atoms with E-state index in [1.807, 2.05) is 0 Å². The summed E-state index contributed by atoms with van der Waals surface area (Å²) in [5, 5.41) is 0. The van der Waals surface area contributed by atoms with Crippen LogP contribution in [0.5, 0.6) is 0 Å². The summed E-state index contributed by atoms with van der Waals surface area (Å²) < 4.78 is 0. The lowest BCUT2D eigenvalue weighted by Gasteiger charge is -2.57. The Balaban J connectivity index is 1.96. The maximum atomic E-state index is 4.01. The molecule has 0 saturated heterocycles. The van der Waals surface area contributed by atoms with Gasteiger partial charge in [-0.3, -0.25) is 0 Å². The zero-order valence-electron chi connectivity index (χ0n) is 9.41. The first-order valence-corrected chi connectivity index (χ1v) is 6.97. The van der Waals surface area contributed by atoms with Crippen LogP contribution in [0.4, 0.5) is 0 Å². The smallest absolute Gasteiger partial charge is 0.00391 e. The van der Waals surface area contributed by atoms with Gasteiger partial charge in [0.15, 0.2) is 0 Å². The fourth-order valence-electron chi connectivity index (χ4n) is 4.93. The molecule has 4 rings (SSSR count). The van der Waals surface area contributed by atoms with Crippen LogP contribution in [0.1, 0.15) is 38.5 Å². The summed E-state index contributed by atoms with van der Waals surface area (Å²) in [4.78, 5) is 0. The molecule has 0 spiro atoms. The molecule has 0 aromatic rings. The fraction of sp³-hybridized carbons (Fsp3) is 0.714. The molecule has 0 radical (unpaired) electrons. The van der Waals surface area contributed by atoms with E-state index in [4.69, 9.17) is 0 Å². The van der Waals surface area contributed by atoms with Crippen molar-refractivity contribution in [3.63, 3.8) is 0 Å². The average molecular weight is 220 g/mol. The van der Waals surface area contributed by atoms with Crippen LogP contribution in [0.3, 0.4) is 0 Å². The average Bonchev–Trinajstić information content (AvgIpc) is 2.16. The summed E-state index contributed by atoms with van der Waals surface area (Å²) in [6.45, 7) is 4.01. The van der Waals surface area contributed by atoms with E-state index in [9.17, 15) is 0 Å². The number of allylic oxidation sites excluding steroid dienone is 2. The quantitative estimate of drug-likeness (QED) is 0.484. The summed E-state index contributed by atoms with van der Waals surface area (Å²) in [5.41, 5.74) is 2.06. The highest BCUT2D eigenvalue weighted by atomic mass is 31.0. The molecule has 4 aliphatic rings. The fourth-order valence-corrected chi connectivity index (χ4v) is 5.42. The van der Waals surface area contributed by atoms with Gasteiger partial charge in [-0.25, -0.2) is 0 Å². The maximum Gasteiger partial charge on any atom is -0.00391 e. The zero-order chi connectivity index (χ0) is 10.5. The number of hydrogen-bond acceptors (Lipinski definition) is 0. The van der Waals surface area contributed by atoms with E-state index in [1.165, 1.54) is 44.1 Å². The molecular formula is C14H21P. The second-order valence-electron chi connectivity index (χ2n) is 6.02. The van der Waals surface area contributed by atoms with E-state index in [2.05, 4.69) is 27.7 Å². The molecule has 0 aliphatic heterocycles. The van der Waals surface area contributed by atoms with E-state index in [-0.39, 0.29) is 0 Å². The number of rotatable bonds is 2. The molecular weight excluding hydrogens is 199 g/mol. The highest BCUT2D eigenvalue weighted by molar-refractivity contribution is 7.20. The first-order valence-electron chi connectivity index (χ1n) is 6.30. The third kappa shape index (κ3) is 1.45. The van der Waals surface area contributed by atoms with Crippen molar-refractivity contribution in [2.45, 2.75) is 38.5 Å². The predicted octanol–water partition coefficient (Wildman–Crippen LogP) is 4.15. The molecule has 0 nitrogen and oxygen atoms in total. The second kappa shape index (κ2) is 3.45. The highest BCUT2D eigenvalue weighted by Crippen LogP contribution is 2.62. The van der Waals surface area contributed by atoms with Crippen molar-refractivity contribution in [2.75, 3.05) is 0 Å². The van der Waals surface area contributed by atoms with Crippen LogP contribution in [0.15, 0.2) is 24.0 Å². The van der Waals surface area contributed by atoms with E-state index < -0.39 is 0 Å². The van der Waals surface area contributed by atoms with Crippen LogP contribution < -0.4 is 0 Å². The van der Waals surface area contributed by atoms with Crippen LogP contribution in [0.25, 0.3) is 0 Å². The maximum absolute atomic E-state index is 4.01. The van der Waals surface area contributed by atoms with Gasteiger partial charge in [-0.2, -0.15) is 0 Å². The lowest BCUT2D eigenvalue weighted by molar-refractivity contribution is -0.0283. The van der Waals surface area contributed by atoms with E-state index in [0.29, 0.717) is 5.41 Å². The summed E-state index contributed by atoms with van der Waals surface area (Å²) >= 11 is 0. The lowest BCUT2D eigenvalue weighted by atomic mass is 9.48. The Hall–Kier alpha value is -0.0900. The third-order valence-electron chi connectivity index (χ3n) is 5.05. The molecule has 4 aliphatic carbocycles. The van der Waals surface area contributed by atoms with E-state index in [0.717, 1.165) is 17.8 Å². The Bertz CT molecular complexity index is 278. The SMILES string of the molecule is C=C/C(=C/P)C12CC3CC(CC(C3)C1)C2. The minimum Gasteiger partial charge on any atom is -0.113 e. The molecule has 1 unspecified atom stereocenters. The Labute approximate surface area is 95.4 Å². The summed E-state index contributed by atoms with van der Waals surface area (Å²) in [7, 11) is 2.79. The number of hydrogen-bond donors (Lipinski definition) is 0. The summed E-state index contributed by atoms with van der Waals surface area (Å²) in [6.07, 6.45) is 11.0. The lowest BCUT2D eigenvalue weighted by Crippen LogP contribution is -2.46. The Morgan fingerprint density at radius 2 is 1.53 bits per heavy atom. The molecule has 0 N–H and O–H groups in total. The van der Waals surface area contributed by atoms with Crippen LogP contribution in [-0.4, -0.2) is 0 Å². The topological polar surface area (TPSA) is 0 Å². The Morgan fingerprint density at radius 1 is 1.07 bits per heavy atom. The zero-order valence-corrected chi connectivity index (χ0v) is 10.6. The van der Waals surface area contributed by atoms with Gasteiger partial charge in [-0.1, -0.05) is 18.5 Å². The van der Waals surface area contributed by atoms with Gasteiger partial charge in [0.25, 0.3) is 0 Å². The Morgan fingerprint density at radius 3 is 1.87 bits per heavy atom. The van der Waals surface area contributed by atoms with Gasteiger partial charge in [0.05, 0.1) is 0 Å². The standard InChI is InChI=1S/C14H21P/c1-2-13(9-15)14-6-10-3-11(7-14)5-12(4-10)8-14/h2,9-12H,1,3-8,15H2/b13-9-. The molecule has 0 heterocycles. The van der Waals surface area contributed by atoms with Crippen LogP contribution in [0.2, 0.25) is 0 Å². The van der Waals surface area contributed by atoms with Gasteiger partial charge in [0.2, 0.25) is 0 Å². The molecule has 1 atom stereocenters. The van der Waals surface area contributed by atoms with Crippen molar-refractivity contribution in [3.05, 3.63) is 24.0 Å². The Kier molecular flexibility index (Phi) is 2.32. The minimum atomic E-state index is 0.540. The van der Waals surface area contributed by atoms with Crippen molar-refractivity contribution >= 4 is 9.24 Å². The third-order valence-corrected chi connectivity index (χ3v) is 5.41. The molecule has 4 saturated carbocycles. The van der Waals surface area contributed by atoms with Crippen molar-refractivity contribution in [2.24, 2.45) is 23.2 Å². The molecule has 0 amide bonds. The first-order chi connectivity index (χ1) is 7.25. The first kappa shape index (κ1) is 10.1. The molecule has 0 aromatic carbocycles. The van der Waals surface area contributed by atoms with Gasteiger partial charge < -0.3 is 0 Å². The molecule has 4 fully saturated rings. The highest BCUT2D eigenvalue weighted by Gasteiger charge is 2.51. The predicted molar refractivity (Wildman–Crippen MR) is 68.6 cm³/mol. The van der Waals surface area contributed by atoms with Crippen LogP contribution >= 0.6 is 9.24 Å². The van der Waals surface area contributed by atoms with Crippen LogP contribution in [-0.2, 0) is 0 Å². The summed E-state index contributed by atoms with van der Waals surface area (Å²) in [5.74, 6) is 5.35. The van der Waals surface area contributed by atoms with E-state index >= 15 is 0 Å². The second-order valence-corrected chi connectivity index (χ2v) is 6.36. The van der Waals surface area contributed by atoms with Gasteiger partial charge in [0.1, 0.15) is 0 Å². The molecule has 1 heteroatoms. The van der Waals surface area contributed by atoms with Crippen molar-refractivity contribution in [1.82, 2.24) is 0 Å². The largest absolute Gasteiger partial charge is 0.113 e. The van der Waals surface area contributed by atoms with E-state index in [1.54, 1.807) is 0 Å². The van der Waals surface area contributed by atoms with Gasteiger partial charge in [-0.05, 0) is 67.3 Å². The minimum absolute atomic E-state index is 0.540. The van der Waals surface area contributed by atoms with Crippen LogP contribution in [0, 0.1) is 23.2 Å².